The van der Waals surface area contributed by atoms with Crippen molar-refractivity contribution in [2.45, 2.75) is 6.92 Å². The van der Waals surface area contributed by atoms with Crippen LogP contribution in [-0.4, -0.2) is 9.13 Å². The van der Waals surface area contributed by atoms with Gasteiger partial charge in [-0.1, -0.05) is 90.5 Å². The van der Waals surface area contributed by atoms with E-state index in [9.17, 15) is 10.5 Å². The second kappa shape index (κ2) is 11.7. The molecule has 254 valence electrons. The Bertz CT molecular complexity index is 3330. The van der Waals surface area contributed by atoms with Crippen LogP contribution in [0, 0.1) is 29.6 Å². The van der Waals surface area contributed by atoms with Gasteiger partial charge in [0.2, 0.25) is 0 Å². The molecule has 1 aliphatic rings. The lowest BCUT2D eigenvalue weighted by Gasteiger charge is -2.24. The van der Waals surface area contributed by atoms with Crippen molar-refractivity contribution in [3.8, 4) is 68.0 Å². The lowest BCUT2D eigenvalue weighted by Crippen LogP contribution is -2.01. The summed E-state index contributed by atoms with van der Waals surface area (Å²) >= 11 is 0. The van der Waals surface area contributed by atoms with E-state index in [1.807, 2.05) is 24.3 Å². The SMILES string of the molecule is Cc1ccc2c(c1)c1cc3c(cc1n2-c1ccccc1)-c1cc(C#N)c(C#N)cc1-c1cc2c(cc1-c1ccccc1-3)c1ccccc1n2-c1ccccc1. The fourth-order valence-electron chi connectivity index (χ4n) is 8.98. The number of nitrogens with zero attached hydrogens (tertiary/aromatic N) is 4. The number of hydrogen-bond acceptors (Lipinski definition) is 2. The van der Waals surface area contributed by atoms with E-state index in [-0.39, 0.29) is 0 Å². The van der Waals surface area contributed by atoms with Crippen LogP contribution in [0.2, 0.25) is 0 Å². The number of benzene rings is 8. The highest BCUT2D eigenvalue weighted by atomic mass is 15.0. The minimum absolute atomic E-state index is 0.362. The highest BCUT2D eigenvalue weighted by Crippen LogP contribution is 2.52. The Morgan fingerprint density at radius 2 is 0.764 bits per heavy atom. The molecule has 55 heavy (non-hydrogen) atoms. The van der Waals surface area contributed by atoms with Gasteiger partial charge in [0.15, 0.2) is 0 Å². The highest BCUT2D eigenvalue weighted by Gasteiger charge is 2.27. The van der Waals surface area contributed by atoms with E-state index in [4.69, 9.17) is 0 Å². The van der Waals surface area contributed by atoms with E-state index in [1.54, 1.807) is 0 Å². The Balaban J connectivity index is 1.34. The van der Waals surface area contributed by atoms with E-state index >= 15 is 0 Å². The molecule has 4 nitrogen and oxygen atoms in total. The number of fused-ring (bicyclic) bond motifs is 14. The third-order valence-corrected chi connectivity index (χ3v) is 11.4. The van der Waals surface area contributed by atoms with Crippen LogP contribution in [0.3, 0.4) is 0 Å². The zero-order valence-corrected chi connectivity index (χ0v) is 29.9. The molecule has 8 aromatic carbocycles. The van der Waals surface area contributed by atoms with Crippen molar-refractivity contribution in [1.82, 2.24) is 9.13 Å². The largest absolute Gasteiger partial charge is 0.309 e. The van der Waals surface area contributed by atoms with Gasteiger partial charge in [0.05, 0.1) is 33.2 Å². The quantitative estimate of drug-likeness (QED) is 0.180. The first-order valence-electron chi connectivity index (χ1n) is 18.5. The first-order valence-corrected chi connectivity index (χ1v) is 18.5. The summed E-state index contributed by atoms with van der Waals surface area (Å²) in [5.74, 6) is 0. The molecule has 0 radical (unpaired) electrons. The van der Waals surface area contributed by atoms with Gasteiger partial charge in [-0.2, -0.15) is 10.5 Å². The molecule has 0 spiro atoms. The lowest BCUT2D eigenvalue weighted by atomic mass is 9.79. The van der Waals surface area contributed by atoms with Crippen LogP contribution >= 0.6 is 0 Å². The highest BCUT2D eigenvalue weighted by molar-refractivity contribution is 6.17. The molecule has 2 aromatic heterocycles. The third-order valence-electron chi connectivity index (χ3n) is 11.4. The van der Waals surface area contributed by atoms with E-state index in [1.165, 1.54) is 16.3 Å². The maximum Gasteiger partial charge on any atom is 0.101 e. The minimum atomic E-state index is 0.362. The van der Waals surface area contributed by atoms with Crippen LogP contribution in [0.25, 0.3) is 99.5 Å². The third kappa shape index (κ3) is 4.43. The molecule has 0 amide bonds. The Labute approximate surface area is 317 Å². The molecule has 0 fully saturated rings. The van der Waals surface area contributed by atoms with Gasteiger partial charge >= 0.3 is 0 Å². The maximum absolute atomic E-state index is 10.4. The second-order valence-electron chi connectivity index (χ2n) is 14.4. The predicted octanol–water partition coefficient (Wildman–Crippen LogP) is 12.9. The standard InChI is InChI=1S/C51H30N4/c1-31-20-21-49-45(22-31)47-26-42-37-17-9-8-16-36(37)41-25-46-38-18-10-11-19-48(38)54(34-12-4-2-5-13-34)50(46)27-43(41)39-23-32(29-52)33(30-53)24-40(39)44(42)28-51(47)55(49)35-14-6-3-7-15-35/h2-28H,1H3. The smallest absolute Gasteiger partial charge is 0.101 e. The fourth-order valence-corrected chi connectivity index (χ4v) is 8.98. The molecule has 0 atom stereocenters. The lowest BCUT2D eigenvalue weighted by molar-refractivity contribution is 1.18. The summed E-state index contributed by atoms with van der Waals surface area (Å²) in [7, 11) is 0. The summed E-state index contributed by atoms with van der Waals surface area (Å²) in [6.45, 7) is 2.15. The van der Waals surface area contributed by atoms with Crippen molar-refractivity contribution < 1.29 is 0 Å². The monoisotopic (exact) mass is 698 g/mol. The first kappa shape index (κ1) is 30.9. The molecule has 0 N–H and O–H groups in total. The van der Waals surface area contributed by atoms with Gasteiger partial charge in [0.25, 0.3) is 0 Å². The molecular weight excluding hydrogens is 669 g/mol. The van der Waals surface area contributed by atoms with E-state index in [0.29, 0.717) is 11.1 Å². The molecule has 0 aliphatic heterocycles. The summed E-state index contributed by atoms with van der Waals surface area (Å²) in [5.41, 5.74) is 16.8. The fraction of sp³-hybridized carbons (Fsp3) is 0.0196. The Morgan fingerprint density at radius 3 is 1.31 bits per heavy atom. The maximum atomic E-state index is 10.4. The van der Waals surface area contributed by atoms with Crippen LogP contribution in [0.15, 0.2) is 164 Å². The van der Waals surface area contributed by atoms with Crippen molar-refractivity contribution in [2.75, 3.05) is 0 Å². The van der Waals surface area contributed by atoms with Gasteiger partial charge in [-0.15, -0.1) is 0 Å². The molecule has 2 heterocycles. The molecule has 4 heteroatoms. The zero-order valence-electron chi connectivity index (χ0n) is 29.9. The Hall–Kier alpha value is -7.66. The molecule has 0 saturated carbocycles. The average molecular weight is 699 g/mol. The number of aryl methyl sites for hydroxylation is 1. The van der Waals surface area contributed by atoms with Crippen molar-refractivity contribution in [3.05, 3.63) is 180 Å². The van der Waals surface area contributed by atoms with Crippen LogP contribution in [-0.2, 0) is 0 Å². The molecular formula is C51H30N4. The van der Waals surface area contributed by atoms with Gasteiger partial charge in [0, 0.05) is 32.9 Å². The Kier molecular flexibility index (Phi) is 6.56. The predicted molar refractivity (Wildman–Crippen MR) is 225 cm³/mol. The van der Waals surface area contributed by atoms with Crippen molar-refractivity contribution in [2.24, 2.45) is 0 Å². The molecule has 11 rings (SSSR count). The summed E-state index contributed by atoms with van der Waals surface area (Å²) < 4.78 is 4.68. The van der Waals surface area contributed by atoms with Gasteiger partial charge in [-0.3, -0.25) is 0 Å². The van der Waals surface area contributed by atoms with Crippen LogP contribution in [0.1, 0.15) is 16.7 Å². The van der Waals surface area contributed by atoms with Crippen LogP contribution in [0.5, 0.6) is 0 Å². The van der Waals surface area contributed by atoms with Crippen molar-refractivity contribution in [3.63, 3.8) is 0 Å². The van der Waals surface area contributed by atoms with Gasteiger partial charge in [-0.05, 0) is 130 Å². The van der Waals surface area contributed by atoms with Gasteiger partial charge in [0.1, 0.15) is 12.1 Å². The number of hydrogen-bond donors (Lipinski definition) is 0. The van der Waals surface area contributed by atoms with E-state index in [0.717, 1.165) is 88.7 Å². The molecule has 10 aromatic rings. The van der Waals surface area contributed by atoms with E-state index < -0.39 is 0 Å². The molecule has 0 unspecified atom stereocenters. The van der Waals surface area contributed by atoms with Gasteiger partial charge < -0.3 is 9.13 Å². The number of aromatic nitrogens is 2. The van der Waals surface area contributed by atoms with E-state index in [2.05, 4.69) is 168 Å². The summed E-state index contributed by atoms with van der Waals surface area (Å²) in [5, 5.41) is 25.6. The normalized spacial score (nSPS) is 11.7. The Morgan fingerprint density at radius 1 is 0.345 bits per heavy atom. The summed E-state index contributed by atoms with van der Waals surface area (Å²) in [6, 6.07) is 62.8. The zero-order chi connectivity index (χ0) is 36.8. The van der Waals surface area contributed by atoms with Crippen molar-refractivity contribution >= 4 is 43.6 Å². The van der Waals surface area contributed by atoms with Crippen molar-refractivity contribution in [1.29, 1.82) is 10.5 Å². The second-order valence-corrected chi connectivity index (χ2v) is 14.4. The summed E-state index contributed by atoms with van der Waals surface area (Å²) in [4.78, 5) is 0. The van der Waals surface area contributed by atoms with Crippen LogP contribution in [0.4, 0.5) is 0 Å². The molecule has 0 bridgehead atoms. The molecule has 0 saturated heterocycles. The number of rotatable bonds is 2. The van der Waals surface area contributed by atoms with Crippen LogP contribution < -0.4 is 0 Å². The number of para-hydroxylation sites is 3. The molecule has 1 aliphatic carbocycles. The average Bonchev–Trinajstić information content (AvgIpc) is 3.73. The minimum Gasteiger partial charge on any atom is -0.309 e. The first-order chi connectivity index (χ1) is 27.1. The summed E-state index contributed by atoms with van der Waals surface area (Å²) in [6.07, 6.45) is 0. The topological polar surface area (TPSA) is 57.4 Å². The number of nitriles is 2. The van der Waals surface area contributed by atoms with Gasteiger partial charge in [-0.25, -0.2) is 0 Å².